The maximum absolute atomic E-state index is 12.3. The van der Waals surface area contributed by atoms with Crippen LogP contribution in [0.4, 0.5) is 5.69 Å². The second-order valence-corrected chi connectivity index (χ2v) is 7.73. The van der Waals surface area contributed by atoms with Crippen LogP contribution in [0.2, 0.25) is 10.0 Å². The van der Waals surface area contributed by atoms with E-state index in [0.29, 0.717) is 17.2 Å². The van der Waals surface area contributed by atoms with Crippen LogP contribution in [-0.4, -0.2) is 27.7 Å². The van der Waals surface area contributed by atoms with E-state index in [1.807, 2.05) is 0 Å². The molecule has 0 spiro atoms. The molecule has 26 heavy (non-hydrogen) atoms. The van der Waals surface area contributed by atoms with Gasteiger partial charge in [-0.25, -0.2) is 8.42 Å². The van der Waals surface area contributed by atoms with Crippen molar-refractivity contribution in [2.75, 3.05) is 19.5 Å². The zero-order chi connectivity index (χ0) is 19.3. The smallest absolute Gasteiger partial charge is 0.258 e. The fourth-order valence-corrected chi connectivity index (χ4v) is 3.77. The van der Waals surface area contributed by atoms with E-state index in [1.54, 1.807) is 18.2 Å². The van der Waals surface area contributed by atoms with Crippen molar-refractivity contribution in [3.05, 3.63) is 46.4 Å². The van der Waals surface area contributed by atoms with E-state index in [4.69, 9.17) is 44.9 Å². The lowest BCUT2D eigenvalue weighted by Gasteiger charge is -2.14. The van der Waals surface area contributed by atoms with E-state index in [2.05, 4.69) is 15.6 Å². The molecule has 0 saturated heterocycles. The molecule has 0 fully saturated rings. The molecule has 0 saturated carbocycles. The average Bonchev–Trinajstić information content (AvgIpc) is 2.62. The first-order chi connectivity index (χ1) is 12.3. The molecule has 0 aliphatic rings. The number of rotatable bonds is 6. The number of methoxy groups -OCH3 is 2. The lowest BCUT2D eigenvalue weighted by Crippen LogP contribution is -2.43. The van der Waals surface area contributed by atoms with Crippen molar-refractivity contribution in [1.82, 2.24) is 10.3 Å². The zero-order valence-corrected chi connectivity index (χ0v) is 16.8. The van der Waals surface area contributed by atoms with E-state index >= 15 is 0 Å². The molecule has 2 aromatic carbocycles. The predicted molar refractivity (Wildman–Crippen MR) is 106 cm³/mol. The monoisotopic (exact) mass is 435 g/mol. The van der Waals surface area contributed by atoms with Crippen LogP contribution < -0.4 is 25.0 Å². The van der Waals surface area contributed by atoms with Crippen molar-refractivity contribution in [1.29, 1.82) is 0 Å². The van der Waals surface area contributed by atoms with Gasteiger partial charge in [-0.3, -0.25) is 5.43 Å². The van der Waals surface area contributed by atoms with Crippen molar-refractivity contribution < 1.29 is 17.9 Å². The molecule has 2 aromatic rings. The Balaban J connectivity index is 2.05. The van der Waals surface area contributed by atoms with Crippen LogP contribution in [0, 0.1) is 0 Å². The fourth-order valence-electron chi connectivity index (χ4n) is 1.93. The van der Waals surface area contributed by atoms with Gasteiger partial charge >= 0.3 is 0 Å². The number of benzene rings is 2. The number of anilines is 1. The maximum Gasteiger partial charge on any atom is 0.258 e. The van der Waals surface area contributed by atoms with Gasteiger partial charge in [0.05, 0.1) is 19.2 Å². The van der Waals surface area contributed by atoms with Gasteiger partial charge < -0.3 is 14.8 Å². The van der Waals surface area contributed by atoms with Crippen LogP contribution >= 0.6 is 35.4 Å². The Hall–Kier alpha value is -1.78. The standard InChI is InChI=1S/C15H15Cl2N3O4S2/c1-23-12-6-4-10(8-13(12)24-2)18-15(25)19-20-26(21,22)14-7-9(16)3-5-11(14)17/h3-8,20H,1-2H3,(H2,18,19,25). The molecular weight excluding hydrogens is 421 g/mol. The molecule has 3 N–H and O–H groups in total. The first kappa shape index (κ1) is 20.5. The minimum atomic E-state index is -3.97. The van der Waals surface area contributed by atoms with Crippen molar-refractivity contribution in [3.8, 4) is 11.5 Å². The highest BCUT2D eigenvalue weighted by Crippen LogP contribution is 2.29. The summed E-state index contributed by atoms with van der Waals surface area (Å²) in [7, 11) is -0.952. The van der Waals surface area contributed by atoms with E-state index in [0.717, 1.165) is 0 Å². The highest BCUT2D eigenvalue weighted by atomic mass is 35.5. The van der Waals surface area contributed by atoms with Gasteiger partial charge in [-0.2, -0.15) is 0 Å². The number of nitrogens with one attached hydrogen (secondary N) is 3. The van der Waals surface area contributed by atoms with Crippen LogP contribution in [-0.2, 0) is 10.0 Å². The summed E-state index contributed by atoms with van der Waals surface area (Å²) in [6, 6.07) is 9.13. The molecule has 0 atom stereocenters. The minimum absolute atomic E-state index is 0.0129. The van der Waals surface area contributed by atoms with Crippen LogP contribution in [0.1, 0.15) is 0 Å². The van der Waals surface area contributed by atoms with Crippen molar-refractivity contribution >= 4 is 56.2 Å². The molecule has 0 heterocycles. The Morgan fingerprint density at radius 3 is 2.38 bits per heavy atom. The summed E-state index contributed by atoms with van der Waals surface area (Å²) in [4.78, 5) is 1.96. The summed E-state index contributed by atoms with van der Waals surface area (Å²) in [5, 5.41) is 3.10. The van der Waals surface area contributed by atoms with Crippen molar-refractivity contribution in [3.63, 3.8) is 0 Å². The van der Waals surface area contributed by atoms with E-state index in [1.165, 1.54) is 32.4 Å². The van der Waals surface area contributed by atoms with Crippen molar-refractivity contribution in [2.24, 2.45) is 0 Å². The molecule has 11 heteroatoms. The Labute approximate surface area is 166 Å². The second-order valence-electron chi connectivity index (χ2n) is 4.83. The largest absolute Gasteiger partial charge is 0.493 e. The predicted octanol–water partition coefficient (Wildman–Crippen LogP) is 3.19. The van der Waals surface area contributed by atoms with E-state index < -0.39 is 10.0 Å². The van der Waals surface area contributed by atoms with Crippen LogP contribution in [0.25, 0.3) is 0 Å². The average molecular weight is 436 g/mol. The molecule has 0 aliphatic carbocycles. The molecule has 140 valence electrons. The van der Waals surface area contributed by atoms with Gasteiger partial charge in [-0.15, -0.1) is 4.83 Å². The van der Waals surface area contributed by atoms with Gasteiger partial charge in [0.25, 0.3) is 10.0 Å². The number of hydrazine groups is 1. The molecule has 7 nitrogen and oxygen atoms in total. The lowest BCUT2D eigenvalue weighted by molar-refractivity contribution is 0.355. The summed E-state index contributed by atoms with van der Waals surface area (Å²) >= 11 is 16.8. The molecule has 0 aliphatic heterocycles. The second kappa shape index (κ2) is 8.74. The number of halogens is 2. The Bertz CT molecular complexity index is 923. The SMILES string of the molecule is COc1ccc(NC(=S)NNS(=O)(=O)c2cc(Cl)ccc2Cl)cc1OC. The van der Waals surface area contributed by atoms with E-state index in [-0.39, 0.29) is 20.1 Å². The van der Waals surface area contributed by atoms with Gasteiger partial charge in [0, 0.05) is 16.8 Å². The topological polar surface area (TPSA) is 88.7 Å². The minimum Gasteiger partial charge on any atom is -0.493 e. The quantitative estimate of drug-likeness (QED) is 0.474. The molecule has 0 amide bonds. The lowest BCUT2D eigenvalue weighted by atomic mass is 10.3. The molecule has 0 unspecified atom stereocenters. The van der Waals surface area contributed by atoms with Gasteiger partial charge in [-0.05, 0) is 42.5 Å². The van der Waals surface area contributed by atoms with Gasteiger partial charge in [0.15, 0.2) is 16.6 Å². The number of thiocarbonyl (C=S) groups is 1. The molecule has 0 radical (unpaired) electrons. The molecular formula is C15H15Cl2N3O4S2. The van der Waals surface area contributed by atoms with E-state index in [9.17, 15) is 8.42 Å². The highest BCUT2D eigenvalue weighted by molar-refractivity contribution is 7.89. The summed E-state index contributed by atoms with van der Waals surface area (Å²) in [6.07, 6.45) is 0. The number of sulfonamides is 1. The molecule has 0 aromatic heterocycles. The summed E-state index contributed by atoms with van der Waals surface area (Å²) in [5.41, 5.74) is 2.96. The van der Waals surface area contributed by atoms with Gasteiger partial charge in [-0.1, -0.05) is 23.2 Å². The maximum atomic E-state index is 12.3. The summed E-state index contributed by atoms with van der Waals surface area (Å²) < 4.78 is 34.9. The first-order valence-electron chi connectivity index (χ1n) is 7.02. The van der Waals surface area contributed by atoms with Gasteiger partial charge in [0.1, 0.15) is 4.90 Å². The third-order valence-corrected chi connectivity index (χ3v) is 5.29. The Morgan fingerprint density at radius 1 is 1.04 bits per heavy atom. The first-order valence-corrected chi connectivity index (χ1v) is 9.67. The third-order valence-electron chi connectivity index (χ3n) is 3.12. The molecule has 2 rings (SSSR count). The number of hydrogen-bond donors (Lipinski definition) is 3. The van der Waals surface area contributed by atoms with Gasteiger partial charge in [0.2, 0.25) is 0 Å². The third kappa shape index (κ3) is 5.12. The number of ether oxygens (including phenoxy) is 2. The van der Waals surface area contributed by atoms with Crippen LogP contribution in [0.15, 0.2) is 41.3 Å². The fraction of sp³-hybridized carbons (Fsp3) is 0.133. The highest BCUT2D eigenvalue weighted by Gasteiger charge is 2.18. The normalized spacial score (nSPS) is 10.9. The van der Waals surface area contributed by atoms with Crippen molar-refractivity contribution in [2.45, 2.75) is 4.90 Å². The van der Waals surface area contributed by atoms with Crippen LogP contribution in [0.5, 0.6) is 11.5 Å². The summed E-state index contributed by atoms with van der Waals surface area (Å²) in [6.45, 7) is 0. The Morgan fingerprint density at radius 2 is 1.73 bits per heavy atom. The number of hydrogen-bond acceptors (Lipinski definition) is 5. The molecule has 0 bridgehead atoms. The van der Waals surface area contributed by atoms with Crippen LogP contribution in [0.3, 0.4) is 0 Å². The zero-order valence-electron chi connectivity index (χ0n) is 13.7. The Kier molecular flexibility index (Phi) is 6.90. The summed E-state index contributed by atoms with van der Waals surface area (Å²) in [5.74, 6) is 1.04.